The van der Waals surface area contributed by atoms with Crippen LogP contribution in [0.2, 0.25) is 0 Å². The fourth-order valence-electron chi connectivity index (χ4n) is 1.94. The number of benzene rings is 1. The molecule has 3 heteroatoms. The molecular formula is C14H12N2O. The number of hydrogen-bond acceptors (Lipinski definition) is 2. The van der Waals surface area contributed by atoms with Crippen molar-refractivity contribution in [2.75, 3.05) is 7.11 Å². The van der Waals surface area contributed by atoms with E-state index in [1.165, 1.54) is 0 Å². The number of rotatable bonds is 2. The topological polar surface area (TPSA) is 26.5 Å². The van der Waals surface area contributed by atoms with Crippen molar-refractivity contribution in [1.29, 1.82) is 0 Å². The number of nitrogens with zero attached hydrogens (tertiary/aromatic N) is 2. The van der Waals surface area contributed by atoms with Gasteiger partial charge in [0.2, 0.25) is 0 Å². The molecule has 1 aromatic carbocycles. The zero-order chi connectivity index (χ0) is 11.7. The second-order valence-corrected chi connectivity index (χ2v) is 3.81. The second kappa shape index (κ2) is 3.94. The molecule has 0 aliphatic carbocycles. The molecule has 0 saturated heterocycles. The first-order valence-corrected chi connectivity index (χ1v) is 5.44. The molecule has 2 heterocycles. The third kappa shape index (κ3) is 1.65. The van der Waals surface area contributed by atoms with E-state index in [0.717, 1.165) is 22.5 Å². The van der Waals surface area contributed by atoms with E-state index in [1.54, 1.807) is 7.11 Å². The summed E-state index contributed by atoms with van der Waals surface area (Å²) in [6, 6.07) is 12.0. The fraction of sp³-hybridized carbons (Fsp3) is 0.0714. The van der Waals surface area contributed by atoms with Crippen LogP contribution in [0.25, 0.3) is 16.8 Å². The van der Waals surface area contributed by atoms with Crippen molar-refractivity contribution in [1.82, 2.24) is 9.38 Å². The maximum absolute atomic E-state index is 5.15. The summed E-state index contributed by atoms with van der Waals surface area (Å²) in [6.07, 6.45) is 5.78. The predicted molar refractivity (Wildman–Crippen MR) is 67.2 cm³/mol. The number of ether oxygens (including phenoxy) is 1. The van der Waals surface area contributed by atoms with E-state index in [1.807, 2.05) is 48.9 Å². The lowest BCUT2D eigenvalue weighted by atomic mass is 10.1. The quantitative estimate of drug-likeness (QED) is 0.669. The average molecular weight is 224 g/mol. The van der Waals surface area contributed by atoms with Gasteiger partial charge in [-0.15, -0.1) is 0 Å². The maximum Gasteiger partial charge on any atom is 0.118 e. The molecule has 17 heavy (non-hydrogen) atoms. The van der Waals surface area contributed by atoms with Crippen LogP contribution in [0.5, 0.6) is 5.75 Å². The molecule has 0 N–H and O–H groups in total. The Kier molecular flexibility index (Phi) is 2.29. The molecule has 0 radical (unpaired) electrons. The first kappa shape index (κ1) is 9.90. The fourth-order valence-corrected chi connectivity index (χ4v) is 1.94. The van der Waals surface area contributed by atoms with Crippen LogP contribution in [0, 0.1) is 0 Å². The summed E-state index contributed by atoms with van der Waals surface area (Å²) in [4.78, 5) is 4.44. The lowest BCUT2D eigenvalue weighted by molar-refractivity contribution is 0.415. The minimum absolute atomic E-state index is 0.857. The lowest BCUT2D eigenvalue weighted by Crippen LogP contribution is -1.90. The van der Waals surface area contributed by atoms with E-state index < -0.39 is 0 Å². The highest BCUT2D eigenvalue weighted by Crippen LogP contribution is 2.24. The largest absolute Gasteiger partial charge is 0.497 e. The molecule has 0 aliphatic heterocycles. The summed E-state index contributed by atoms with van der Waals surface area (Å²) in [5.41, 5.74) is 3.19. The molecule has 0 atom stereocenters. The molecule has 0 aliphatic rings. The molecule has 84 valence electrons. The molecule has 0 bridgehead atoms. The second-order valence-electron chi connectivity index (χ2n) is 3.81. The standard InChI is InChI=1S/C14H12N2O/c1-17-12-6-4-11(5-7-12)14-13-3-2-9-16(13)10-8-15-14/h2-10H,1H3. The van der Waals surface area contributed by atoms with E-state index in [9.17, 15) is 0 Å². The SMILES string of the molecule is COc1ccc(-c2nccn3cccc23)cc1. The normalized spacial score (nSPS) is 10.6. The van der Waals surface area contributed by atoms with Gasteiger partial charge in [-0.3, -0.25) is 4.98 Å². The Morgan fingerprint density at radius 2 is 1.88 bits per heavy atom. The van der Waals surface area contributed by atoms with Gasteiger partial charge >= 0.3 is 0 Å². The van der Waals surface area contributed by atoms with Gasteiger partial charge in [-0.25, -0.2) is 0 Å². The van der Waals surface area contributed by atoms with E-state index in [-0.39, 0.29) is 0 Å². The van der Waals surface area contributed by atoms with Gasteiger partial charge in [0.15, 0.2) is 0 Å². The summed E-state index contributed by atoms with van der Waals surface area (Å²) in [6.45, 7) is 0. The average Bonchev–Trinajstić information content (AvgIpc) is 2.87. The first-order valence-electron chi connectivity index (χ1n) is 5.44. The van der Waals surface area contributed by atoms with Crippen molar-refractivity contribution in [2.24, 2.45) is 0 Å². The van der Waals surface area contributed by atoms with E-state index in [4.69, 9.17) is 4.74 Å². The van der Waals surface area contributed by atoms with Crippen molar-refractivity contribution in [3.63, 3.8) is 0 Å². The molecule has 3 rings (SSSR count). The molecule has 2 aromatic heterocycles. The monoisotopic (exact) mass is 224 g/mol. The number of aromatic nitrogens is 2. The van der Waals surface area contributed by atoms with Gasteiger partial charge in [0, 0.05) is 24.2 Å². The Morgan fingerprint density at radius 1 is 1.06 bits per heavy atom. The van der Waals surface area contributed by atoms with Crippen molar-refractivity contribution >= 4 is 5.52 Å². The van der Waals surface area contributed by atoms with Crippen LogP contribution >= 0.6 is 0 Å². The van der Waals surface area contributed by atoms with Gasteiger partial charge in [-0.2, -0.15) is 0 Å². The van der Waals surface area contributed by atoms with Crippen molar-refractivity contribution < 1.29 is 4.74 Å². The Bertz CT molecular complexity index is 641. The summed E-state index contributed by atoms with van der Waals surface area (Å²) in [5.74, 6) is 0.857. The minimum atomic E-state index is 0.857. The van der Waals surface area contributed by atoms with E-state index in [2.05, 4.69) is 15.5 Å². The van der Waals surface area contributed by atoms with Crippen molar-refractivity contribution in [2.45, 2.75) is 0 Å². The highest BCUT2D eigenvalue weighted by molar-refractivity contribution is 5.77. The van der Waals surface area contributed by atoms with Crippen molar-refractivity contribution in [3.05, 3.63) is 55.0 Å². The third-order valence-electron chi connectivity index (χ3n) is 2.82. The van der Waals surface area contributed by atoms with E-state index in [0.29, 0.717) is 0 Å². The van der Waals surface area contributed by atoms with Crippen LogP contribution in [0.3, 0.4) is 0 Å². The zero-order valence-corrected chi connectivity index (χ0v) is 9.50. The molecule has 0 saturated carbocycles. The van der Waals surface area contributed by atoms with Crippen molar-refractivity contribution in [3.8, 4) is 17.0 Å². The van der Waals surface area contributed by atoms with Gasteiger partial charge in [0.05, 0.1) is 18.3 Å². The van der Waals surface area contributed by atoms with Gasteiger partial charge in [0.25, 0.3) is 0 Å². The molecule has 3 nitrogen and oxygen atoms in total. The van der Waals surface area contributed by atoms with Crippen LogP contribution in [0.1, 0.15) is 0 Å². The summed E-state index contributed by atoms with van der Waals surface area (Å²) in [7, 11) is 1.67. The van der Waals surface area contributed by atoms with Crippen LogP contribution in [-0.4, -0.2) is 16.5 Å². The minimum Gasteiger partial charge on any atom is -0.497 e. The third-order valence-corrected chi connectivity index (χ3v) is 2.82. The summed E-state index contributed by atoms with van der Waals surface area (Å²) >= 11 is 0. The van der Waals surface area contributed by atoms with Gasteiger partial charge < -0.3 is 9.14 Å². The first-order chi connectivity index (χ1) is 8.38. The number of methoxy groups -OCH3 is 1. The van der Waals surface area contributed by atoms with Crippen LogP contribution in [-0.2, 0) is 0 Å². The molecule has 0 unspecified atom stereocenters. The predicted octanol–water partition coefficient (Wildman–Crippen LogP) is 3.01. The van der Waals surface area contributed by atoms with Gasteiger partial charge in [-0.05, 0) is 36.4 Å². The Labute approximate surface area is 99.3 Å². The zero-order valence-electron chi connectivity index (χ0n) is 9.50. The smallest absolute Gasteiger partial charge is 0.118 e. The van der Waals surface area contributed by atoms with Crippen LogP contribution in [0.4, 0.5) is 0 Å². The summed E-state index contributed by atoms with van der Waals surface area (Å²) in [5, 5.41) is 0. The number of hydrogen-bond donors (Lipinski definition) is 0. The molecular weight excluding hydrogens is 212 g/mol. The lowest BCUT2D eigenvalue weighted by Gasteiger charge is -2.05. The van der Waals surface area contributed by atoms with Crippen LogP contribution in [0.15, 0.2) is 55.0 Å². The number of fused-ring (bicyclic) bond motifs is 1. The molecule has 0 spiro atoms. The molecule has 3 aromatic rings. The van der Waals surface area contributed by atoms with Gasteiger partial charge in [-0.1, -0.05) is 0 Å². The van der Waals surface area contributed by atoms with Gasteiger partial charge in [0.1, 0.15) is 5.75 Å². The molecule has 0 amide bonds. The Morgan fingerprint density at radius 3 is 2.65 bits per heavy atom. The highest BCUT2D eigenvalue weighted by atomic mass is 16.5. The van der Waals surface area contributed by atoms with Crippen LogP contribution < -0.4 is 4.74 Å². The summed E-state index contributed by atoms with van der Waals surface area (Å²) < 4.78 is 7.21. The highest BCUT2D eigenvalue weighted by Gasteiger charge is 2.04. The Balaban J connectivity index is 2.16. The molecule has 0 fully saturated rings. The maximum atomic E-state index is 5.15. The van der Waals surface area contributed by atoms with E-state index >= 15 is 0 Å². The Hall–Kier alpha value is -2.29.